The molecule has 2 heterocycles. The molecule has 0 bridgehead atoms. The number of aromatic nitrogens is 1. The zero-order valence-electron chi connectivity index (χ0n) is 11.4. The average Bonchev–Trinajstić information content (AvgIpc) is 3.09. The van der Waals surface area contributed by atoms with Gasteiger partial charge < -0.3 is 19.0 Å². The summed E-state index contributed by atoms with van der Waals surface area (Å²) >= 11 is 0. The van der Waals surface area contributed by atoms with Crippen LogP contribution in [-0.4, -0.2) is 24.3 Å². The van der Waals surface area contributed by atoms with E-state index in [1.165, 1.54) is 0 Å². The Bertz CT molecular complexity index is 519. The monoisotopic (exact) mass is 278 g/mol. The van der Waals surface area contributed by atoms with Crippen molar-refractivity contribution in [2.45, 2.75) is 26.3 Å². The van der Waals surface area contributed by atoms with Crippen molar-refractivity contribution in [2.75, 3.05) is 13.2 Å². The van der Waals surface area contributed by atoms with Crippen molar-refractivity contribution in [1.82, 2.24) is 10.5 Å². The molecule has 1 N–H and O–H groups in total. The van der Waals surface area contributed by atoms with Crippen molar-refractivity contribution in [2.24, 2.45) is 0 Å². The number of ether oxygens (including phenoxy) is 1. The molecule has 0 aliphatic carbocycles. The van der Waals surface area contributed by atoms with Crippen molar-refractivity contribution < 1.29 is 18.5 Å². The van der Waals surface area contributed by atoms with Gasteiger partial charge in [0.25, 0.3) is 0 Å². The lowest BCUT2D eigenvalue weighted by Crippen LogP contribution is -2.16. The van der Waals surface area contributed by atoms with Gasteiger partial charge in [0.1, 0.15) is 0 Å². The molecule has 2 aromatic rings. The zero-order chi connectivity index (χ0) is 14.2. The number of hydrogen-bond acceptors (Lipinski definition) is 6. The molecule has 0 radical (unpaired) electrons. The van der Waals surface area contributed by atoms with E-state index in [1.807, 2.05) is 12.1 Å². The number of furan rings is 1. The predicted octanol–water partition coefficient (Wildman–Crippen LogP) is 2.37. The van der Waals surface area contributed by atoms with Gasteiger partial charge in [-0.1, -0.05) is 5.16 Å². The minimum Gasteiger partial charge on any atom is -0.466 e. The summed E-state index contributed by atoms with van der Waals surface area (Å²) in [7, 11) is 0. The molecular weight excluding hydrogens is 260 g/mol. The average molecular weight is 278 g/mol. The van der Waals surface area contributed by atoms with Crippen molar-refractivity contribution >= 4 is 5.97 Å². The molecule has 0 fully saturated rings. The highest BCUT2D eigenvalue weighted by molar-refractivity contribution is 5.69. The minimum atomic E-state index is -0.157. The Morgan fingerprint density at radius 1 is 1.45 bits per heavy atom. The third-order valence-corrected chi connectivity index (χ3v) is 2.67. The molecule has 0 amide bonds. The van der Waals surface area contributed by atoms with Gasteiger partial charge in [-0.2, -0.15) is 0 Å². The smallest absolute Gasteiger partial charge is 0.305 e. The van der Waals surface area contributed by atoms with E-state index >= 15 is 0 Å². The third-order valence-electron chi connectivity index (χ3n) is 2.67. The fraction of sp³-hybridized carbons (Fsp3) is 0.429. The maximum absolute atomic E-state index is 11.1. The molecule has 6 nitrogen and oxygen atoms in total. The van der Waals surface area contributed by atoms with Crippen LogP contribution >= 0.6 is 0 Å². The number of rotatable bonds is 8. The number of nitrogens with one attached hydrogen (secondary N) is 1. The quantitative estimate of drug-likeness (QED) is 0.590. The number of carbonyl (C=O) groups excluding carboxylic acids is 1. The highest BCUT2D eigenvalue weighted by Gasteiger charge is 2.08. The lowest BCUT2D eigenvalue weighted by Gasteiger charge is -2.02. The number of nitrogens with zero attached hydrogens (tertiary/aromatic N) is 1. The van der Waals surface area contributed by atoms with E-state index in [9.17, 15) is 4.79 Å². The first-order valence-electron chi connectivity index (χ1n) is 6.65. The second-order valence-electron chi connectivity index (χ2n) is 4.25. The largest absolute Gasteiger partial charge is 0.466 e. The lowest BCUT2D eigenvalue weighted by molar-refractivity contribution is -0.143. The van der Waals surface area contributed by atoms with Crippen LogP contribution in [0.4, 0.5) is 0 Å². The van der Waals surface area contributed by atoms with Crippen LogP contribution in [0.1, 0.15) is 25.5 Å². The van der Waals surface area contributed by atoms with Crippen LogP contribution in [0.15, 0.2) is 33.4 Å². The van der Waals surface area contributed by atoms with Crippen molar-refractivity contribution in [3.05, 3.63) is 30.2 Å². The molecule has 0 atom stereocenters. The van der Waals surface area contributed by atoms with Gasteiger partial charge in [-0.15, -0.1) is 0 Å². The van der Waals surface area contributed by atoms with Crippen LogP contribution in [0.2, 0.25) is 0 Å². The van der Waals surface area contributed by atoms with Crippen LogP contribution in [0.5, 0.6) is 0 Å². The normalized spacial score (nSPS) is 10.7. The van der Waals surface area contributed by atoms with Crippen molar-refractivity contribution in [3.8, 4) is 11.5 Å². The molecule has 0 saturated heterocycles. The van der Waals surface area contributed by atoms with E-state index in [4.69, 9.17) is 13.7 Å². The highest BCUT2D eigenvalue weighted by Crippen LogP contribution is 2.20. The third kappa shape index (κ3) is 4.24. The first kappa shape index (κ1) is 14.3. The van der Waals surface area contributed by atoms with E-state index in [1.54, 1.807) is 19.3 Å². The summed E-state index contributed by atoms with van der Waals surface area (Å²) < 4.78 is 15.2. The molecule has 0 aromatic carbocycles. The van der Waals surface area contributed by atoms with Crippen LogP contribution in [0.25, 0.3) is 11.5 Å². The molecular formula is C14H18N2O4. The van der Waals surface area contributed by atoms with Crippen LogP contribution in [0, 0.1) is 0 Å². The van der Waals surface area contributed by atoms with E-state index in [2.05, 4.69) is 10.5 Å². The maximum atomic E-state index is 11.1. The molecule has 6 heteroatoms. The van der Waals surface area contributed by atoms with Crippen LogP contribution < -0.4 is 5.32 Å². The van der Waals surface area contributed by atoms with E-state index < -0.39 is 0 Å². The maximum Gasteiger partial charge on any atom is 0.305 e. The topological polar surface area (TPSA) is 77.5 Å². The Labute approximate surface area is 117 Å². The van der Waals surface area contributed by atoms with Crippen LogP contribution in [0.3, 0.4) is 0 Å². The van der Waals surface area contributed by atoms with Gasteiger partial charge in [-0.3, -0.25) is 4.79 Å². The fourth-order valence-corrected chi connectivity index (χ4v) is 1.74. The zero-order valence-corrected chi connectivity index (χ0v) is 11.4. The number of esters is 1. The molecule has 0 aliphatic heterocycles. The van der Waals surface area contributed by atoms with E-state index in [0.29, 0.717) is 31.1 Å². The Balaban J connectivity index is 1.66. The first-order valence-corrected chi connectivity index (χ1v) is 6.65. The summed E-state index contributed by atoms with van der Waals surface area (Å²) in [5, 5.41) is 7.14. The second-order valence-corrected chi connectivity index (χ2v) is 4.25. The Kier molecular flexibility index (Phi) is 5.37. The molecule has 2 rings (SSSR count). The Morgan fingerprint density at radius 3 is 3.10 bits per heavy atom. The Hall–Kier alpha value is -2.08. The van der Waals surface area contributed by atoms with Crippen LogP contribution in [-0.2, 0) is 16.1 Å². The summed E-state index contributed by atoms with van der Waals surface area (Å²) in [4.78, 5) is 11.1. The van der Waals surface area contributed by atoms with Gasteiger partial charge >= 0.3 is 5.97 Å². The molecule has 20 heavy (non-hydrogen) atoms. The molecule has 0 spiro atoms. The lowest BCUT2D eigenvalue weighted by atomic mass is 10.3. The SMILES string of the molecule is CCOC(=O)CCCNCc1cc(-c2ccco2)on1. The first-order chi connectivity index (χ1) is 9.79. The van der Waals surface area contributed by atoms with Gasteiger partial charge in [-0.05, 0) is 32.0 Å². The summed E-state index contributed by atoms with van der Waals surface area (Å²) in [6, 6.07) is 5.44. The molecule has 0 saturated carbocycles. The van der Waals surface area contributed by atoms with E-state index in [-0.39, 0.29) is 5.97 Å². The number of carbonyl (C=O) groups is 1. The summed E-state index contributed by atoms with van der Waals surface area (Å²) in [5.41, 5.74) is 0.799. The van der Waals surface area contributed by atoms with Gasteiger partial charge in [0.15, 0.2) is 5.76 Å². The molecule has 2 aromatic heterocycles. The Morgan fingerprint density at radius 2 is 2.35 bits per heavy atom. The highest BCUT2D eigenvalue weighted by atomic mass is 16.5. The summed E-state index contributed by atoms with van der Waals surface area (Å²) in [6.45, 7) is 3.55. The minimum absolute atomic E-state index is 0.157. The molecule has 108 valence electrons. The number of hydrogen-bond donors (Lipinski definition) is 1. The van der Waals surface area contributed by atoms with E-state index in [0.717, 1.165) is 18.7 Å². The van der Waals surface area contributed by atoms with Crippen molar-refractivity contribution in [1.29, 1.82) is 0 Å². The summed E-state index contributed by atoms with van der Waals surface area (Å²) in [6.07, 6.45) is 2.75. The standard InChI is InChI=1S/C14H18N2O4/c1-2-18-14(17)6-3-7-15-10-11-9-13(20-16-11)12-5-4-8-19-12/h4-5,8-9,15H,2-3,6-7,10H2,1H3. The predicted molar refractivity (Wildman–Crippen MR) is 71.8 cm³/mol. The fourth-order valence-electron chi connectivity index (χ4n) is 1.74. The summed E-state index contributed by atoms with van der Waals surface area (Å²) in [5.74, 6) is 1.11. The van der Waals surface area contributed by atoms with Gasteiger partial charge in [0, 0.05) is 19.0 Å². The second kappa shape index (κ2) is 7.49. The molecule has 0 aliphatic rings. The van der Waals surface area contributed by atoms with Gasteiger partial charge in [0.2, 0.25) is 5.76 Å². The van der Waals surface area contributed by atoms with Gasteiger partial charge in [0.05, 0.1) is 18.6 Å². The molecule has 0 unspecified atom stereocenters. The van der Waals surface area contributed by atoms with Gasteiger partial charge in [-0.25, -0.2) is 0 Å². The van der Waals surface area contributed by atoms with Crippen molar-refractivity contribution in [3.63, 3.8) is 0 Å².